The minimum absolute atomic E-state index is 0.247. The third-order valence-electron chi connectivity index (χ3n) is 4.87. The first-order valence-electron chi connectivity index (χ1n) is 9.73. The van der Waals surface area contributed by atoms with E-state index < -0.39 is 0 Å². The van der Waals surface area contributed by atoms with E-state index in [1.165, 1.54) is 4.90 Å². The van der Waals surface area contributed by atoms with Gasteiger partial charge in [0.15, 0.2) is 11.5 Å². The van der Waals surface area contributed by atoms with Gasteiger partial charge in [0.25, 0.3) is 11.1 Å². The van der Waals surface area contributed by atoms with E-state index in [0.717, 1.165) is 37.2 Å². The number of imide groups is 1. The zero-order chi connectivity index (χ0) is 22.0. The molecule has 3 aromatic carbocycles. The summed E-state index contributed by atoms with van der Waals surface area (Å²) in [6.07, 6.45) is 1.73. The van der Waals surface area contributed by atoms with E-state index in [1.54, 1.807) is 13.2 Å². The lowest BCUT2D eigenvalue weighted by molar-refractivity contribution is -0.123. The number of rotatable bonds is 6. The number of hydrogen-bond acceptors (Lipinski definition) is 5. The van der Waals surface area contributed by atoms with Crippen molar-refractivity contribution < 1.29 is 19.1 Å². The molecule has 5 nitrogen and oxygen atoms in total. The summed E-state index contributed by atoms with van der Waals surface area (Å²) >= 11 is 3.13. The molecule has 0 N–H and O–H groups in total. The van der Waals surface area contributed by atoms with Crippen LogP contribution in [0.15, 0.2) is 59.5 Å². The molecule has 2 amide bonds. The number of fused-ring (bicyclic) bond motifs is 1. The fraction of sp³-hybridized carbons (Fsp3) is 0.167. The van der Waals surface area contributed by atoms with Gasteiger partial charge in [0, 0.05) is 0 Å². The van der Waals surface area contributed by atoms with Crippen LogP contribution >= 0.6 is 34.4 Å². The zero-order valence-electron chi connectivity index (χ0n) is 17.1. The maximum Gasteiger partial charge on any atom is 0.293 e. The van der Waals surface area contributed by atoms with E-state index in [1.807, 2.05) is 61.5 Å². The third-order valence-corrected chi connectivity index (χ3v) is 6.58. The van der Waals surface area contributed by atoms with Crippen molar-refractivity contribution in [2.75, 3.05) is 13.7 Å². The van der Waals surface area contributed by atoms with E-state index >= 15 is 0 Å². The highest BCUT2D eigenvalue weighted by Crippen LogP contribution is 2.37. The molecular formula is C24H20INO4S. The van der Waals surface area contributed by atoms with Crippen LogP contribution in [0.4, 0.5) is 4.79 Å². The summed E-state index contributed by atoms with van der Waals surface area (Å²) in [5.74, 6) is 0.980. The van der Waals surface area contributed by atoms with E-state index in [-0.39, 0.29) is 17.7 Å². The molecule has 0 radical (unpaired) electrons. The van der Waals surface area contributed by atoms with Crippen molar-refractivity contribution in [3.05, 3.63) is 74.2 Å². The minimum Gasteiger partial charge on any atom is -0.493 e. The normalized spacial score (nSPS) is 15.2. The topological polar surface area (TPSA) is 55.8 Å². The molecule has 31 heavy (non-hydrogen) atoms. The van der Waals surface area contributed by atoms with Gasteiger partial charge in [-0.15, -0.1) is 0 Å². The summed E-state index contributed by atoms with van der Waals surface area (Å²) in [6.45, 7) is 2.69. The molecule has 3 aromatic rings. The Balaban J connectivity index is 1.59. The molecule has 7 heteroatoms. The van der Waals surface area contributed by atoms with E-state index in [2.05, 4.69) is 22.6 Å². The summed E-state index contributed by atoms with van der Waals surface area (Å²) in [7, 11) is 1.58. The average molecular weight is 545 g/mol. The SMILES string of the molecule is CCOc1c(I)cc(/C=C2\SC(=O)N(Cc3ccc4ccccc4c3)C2=O)cc1OC. The number of thioether (sulfide) groups is 1. The van der Waals surface area contributed by atoms with Crippen LogP contribution in [0.2, 0.25) is 0 Å². The highest BCUT2D eigenvalue weighted by molar-refractivity contribution is 14.1. The highest BCUT2D eigenvalue weighted by Gasteiger charge is 2.35. The molecule has 4 rings (SSSR count). The van der Waals surface area contributed by atoms with Crippen molar-refractivity contribution in [3.8, 4) is 11.5 Å². The molecule has 0 unspecified atom stereocenters. The molecule has 1 aliphatic heterocycles. The summed E-state index contributed by atoms with van der Waals surface area (Å²) in [4.78, 5) is 27.2. The lowest BCUT2D eigenvalue weighted by Gasteiger charge is -2.13. The first-order chi connectivity index (χ1) is 15.0. The number of halogens is 1. The van der Waals surface area contributed by atoms with Crippen molar-refractivity contribution in [1.82, 2.24) is 4.90 Å². The van der Waals surface area contributed by atoms with Gasteiger partial charge in [-0.1, -0.05) is 36.4 Å². The molecule has 158 valence electrons. The third kappa shape index (κ3) is 4.57. The number of carbonyl (C=O) groups excluding carboxylic acids is 2. The molecule has 0 atom stereocenters. The molecule has 0 aliphatic carbocycles. The van der Waals surface area contributed by atoms with Gasteiger partial charge in [-0.25, -0.2) is 0 Å². The van der Waals surface area contributed by atoms with Gasteiger partial charge in [-0.05, 0) is 87.5 Å². The van der Waals surface area contributed by atoms with Crippen molar-refractivity contribution in [1.29, 1.82) is 0 Å². The maximum atomic E-state index is 13.0. The van der Waals surface area contributed by atoms with Crippen molar-refractivity contribution in [2.24, 2.45) is 0 Å². The Bertz CT molecular complexity index is 1210. The molecule has 1 aliphatic rings. The summed E-state index contributed by atoms with van der Waals surface area (Å²) < 4.78 is 12.0. The average Bonchev–Trinajstić information content (AvgIpc) is 3.02. The van der Waals surface area contributed by atoms with Gasteiger partial charge in [-0.3, -0.25) is 14.5 Å². The number of amides is 2. The quantitative estimate of drug-likeness (QED) is 0.277. The Morgan fingerprint density at radius 2 is 1.84 bits per heavy atom. The van der Waals surface area contributed by atoms with Crippen LogP contribution in [0.25, 0.3) is 16.8 Å². The van der Waals surface area contributed by atoms with Crippen LogP contribution in [0, 0.1) is 3.57 Å². The van der Waals surface area contributed by atoms with Crippen molar-refractivity contribution in [2.45, 2.75) is 13.5 Å². The van der Waals surface area contributed by atoms with E-state index in [9.17, 15) is 9.59 Å². The lowest BCUT2D eigenvalue weighted by Crippen LogP contribution is -2.27. The number of nitrogens with zero attached hydrogens (tertiary/aromatic N) is 1. The van der Waals surface area contributed by atoms with Crippen molar-refractivity contribution in [3.63, 3.8) is 0 Å². The van der Waals surface area contributed by atoms with E-state index in [0.29, 0.717) is 23.0 Å². The smallest absolute Gasteiger partial charge is 0.293 e. The fourth-order valence-corrected chi connectivity index (χ4v) is 5.03. The Hall–Kier alpha value is -2.52. The maximum absolute atomic E-state index is 13.0. The van der Waals surface area contributed by atoms with Crippen LogP contribution in [0.3, 0.4) is 0 Å². The largest absolute Gasteiger partial charge is 0.493 e. The standard InChI is InChI=1S/C24H20INO4S/c1-3-30-22-19(25)11-16(12-20(22)29-2)13-21-23(27)26(24(28)31-21)14-15-8-9-17-6-4-5-7-18(17)10-15/h4-13H,3,14H2,1-2H3/b21-13-. The van der Waals surface area contributed by atoms with Gasteiger partial charge < -0.3 is 9.47 Å². The summed E-state index contributed by atoms with van der Waals surface area (Å²) in [6, 6.07) is 17.7. The lowest BCUT2D eigenvalue weighted by atomic mass is 10.1. The number of methoxy groups -OCH3 is 1. The predicted octanol–water partition coefficient (Wildman–Crippen LogP) is 6.09. The number of carbonyl (C=O) groups is 2. The van der Waals surface area contributed by atoms with Crippen molar-refractivity contribution >= 4 is 62.3 Å². The second-order valence-corrected chi connectivity index (χ2v) is 9.07. The molecule has 1 heterocycles. The Kier molecular flexibility index (Phi) is 6.52. The second kappa shape index (κ2) is 9.32. The molecular weight excluding hydrogens is 525 g/mol. The minimum atomic E-state index is -0.286. The van der Waals surface area contributed by atoms with Crippen LogP contribution in [0.5, 0.6) is 11.5 Å². The van der Waals surface area contributed by atoms with Gasteiger partial charge >= 0.3 is 0 Å². The van der Waals surface area contributed by atoms with Crippen LogP contribution in [-0.4, -0.2) is 29.8 Å². The number of benzene rings is 3. The predicted molar refractivity (Wildman–Crippen MR) is 132 cm³/mol. The molecule has 0 spiro atoms. The fourth-order valence-electron chi connectivity index (χ4n) is 3.41. The van der Waals surface area contributed by atoms with Gasteiger partial charge in [0.2, 0.25) is 0 Å². The van der Waals surface area contributed by atoms with E-state index in [4.69, 9.17) is 9.47 Å². The van der Waals surface area contributed by atoms with Crippen LogP contribution < -0.4 is 9.47 Å². The summed E-state index contributed by atoms with van der Waals surface area (Å²) in [5, 5.41) is 1.94. The Labute approximate surface area is 198 Å². The molecule has 1 saturated heterocycles. The summed E-state index contributed by atoms with van der Waals surface area (Å²) in [5.41, 5.74) is 1.69. The highest BCUT2D eigenvalue weighted by atomic mass is 127. The molecule has 0 aromatic heterocycles. The number of hydrogen-bond donors (Lipinski definition) is 0. The first kappa shape index (κ1) is 21.7. The monoisotopic (exact) mass is 545 g/mol. The molecule has 1 fully saturated rings. The second-order valence-electron chi connectivity index (χ2n) is 6.92. The Morgan fingerprint density at radius 1 is 1.06 bits per heavy atom. The molecule has 0 bridgehead atoms. The van der Waals surface area contributed by atoms with Crippen LogP contribution in [0.1, 0.15) is 18.1 Å². The van der Waals surface area contributed by atoms with Crippen LogP contribution in [-0.2, 0) is 11.3 Å². The number of ether oxygens (including phenoxy) is 2. The Morgan fingerprint density at radius 3 is 2.58 bits per heavy atom. The van der Waals surface area contributed by atoms with Gasteiger partial charge in [0.1, 0.15) is 0 Å². The first-order valence-corrected chi connectivity index (χ1v) is 11.6. The molecule has 0 saturated carbocycles. The van der Waals surface area contributed by atoms with Gasteiger partial charge in [0.05, 0.1) is 28.7 Å². The van der Waals surface area contributed by atoms with Gasteiger partial charge in [-0.2, -0.15) is 0 Å². The zero-order valence-corrected chi connectivity index (χ0v) is 20.0.